The highest BCUT2D eigenvalue weighted by atomic mass is 32.2. The van der Waals surface area contributed by atoms with Crippen LogP contribution in [-0.2, 0) is 21.4 Å². The monoisotopic (exact) mass is 407 g/mol. The van der Waals surface area contributed by atoms with Gasteiger partial charge in [0, 0.05) is 11.8 Å². The van der Waals surface area contributed by atoms with E-state index in [9.17, 15) is 13.2 Å². The molecule has 0 radical (unpaired) electrons. The second-order valence-corrected chi connectivity index (χ2v) is 7.76. The van der Waals surface area contributed by atoms with E-state index in [0.29, 0.717) is 22.6 Å². The molecule has 0 spiro atoms. The zero-order chi connectivity index (χ0) is 20.7. The molecule has 0 unspecified atom stereocenters. The summed E-state index contributed by atoms with van der Waals surface area (Å²) >= 11 is 0. The predicted molar refractivity (Wildman–Crippen MR) is 108 cm³/mol. The lowest BCUT2D eigenvalue weighted by Crippen LogP contribution is -2.22. The quantitative estimate of drug-likeness (QED) is 0.584. The Hall–Kier alpha value is -3.67. The minimum absolute atomic E-state index is 0.0597. The molecule has 146 valence electrons. The first-order valence-electron chi connectivity index (χ1n) is 8.58. The molecule has 2 aromatic carbocycles. The van der Waals surface area contributed by atoms with Gasteiger partial charge in [-0.25, -0.2) is 13.1 Å². The van der Waals surface area contributed by atoms with Gasteiger partial charge in [-0.2, -0.15) is 5.26 Å². The van der Waals surface area contributed by atoms with Gasteiger partial charge in [0.15, 0.2) is 0 Å². The number of nitriles is 1. The summed E-state index contributed by atoms with van der Waals surface area (Å²) < 4.78 is 32.2. The average Bonchev–Trinajstić information content (AvgIpc) is 3.25. The molecule has 2 N–H and O–H groups in total. The molecule has 1 amide bonds. The first-order valence-corrected chi connectivity index (χ1v) is 10.1. The normalized spacial score (nSPS) is 11.3. The molecule has 0 saturated carbocycles. The fourth-order valence-corrected chi connectivity index (χ4v) is 3.44. The van der Waals surface area contributed by atoms with Crippen molar-refractivity contribution in [3.63, 3.8) is 0 Å². The van der Waals surface area contributed by atoms with E-state index in [1.54, 1.807) is 54.6 Å². The third-order valence-electron chi connectivity index (χ3n) is 3.89. The average molecular weight is 407 g/mol. The van der Waals surface area contributed by atoms with Gasteiger partial charge in [-0.15, -0.1) is 0 Å². The standard InChI is InChI=1S/C21H17N3O4S/c22-14-17-3-1-4-18(13-17)24-21(25)11-8-16-6-9-20(10-7-16)29(26,27)23-15-19-5-2-12-28-19/h1-13,23H,15H2,(H,24,25). The first kappa shape index (κ1) is 20.1. The molecule has 29 heavy (non-hydrogen) atoms. The number of hydrogen-bond acceptors (Lipinski definition) is 5. The van der Waals surface area contributed by atoms with Crippen molar-refractivity contribution < 1.29 is 17.6 Å². The molecule has 0 fully saturated rings. The lowest BCUT2D eigenvalue weighted by Gasteiger charge is -2.06. The summed E-state index contributed by atoms with van der Waals surface area (Å²) in [5, 5.41) is 11.5. The summed E-state index contributed by atoms with van der Waals surface area (Å²) in [7, 11) is -3.67. The van der Waals surface area contributed by atoms with Crippen molar-refractivity contribution in [3.8, 4) is 6.07 Å². The first-order chi connectivity index (χ1) is 14.0. The van der Waals surface area contributed by atoms with E-state index >= 15 is 0 Å². The molecule has 0 bridgehead atoms. The molecule has 0 aliphatic carbocycles. The molecule has 1 heterocycles. The van der Waals surface area contributed by atoms with Gasteiger partial charge >= 0.3 is 0 Å². The number of nitrogens with one attached hydrogen (secondary N) is 2. The number of carbonyl (C=O) groups excluding carboxylic acids is 1. The second-order valence-electron chi connectivity index (χ2n) is 5.99. The van der Waals surface area contributed by atoms with Gasteiger partial charge < -0.3 is 9.73 Å². The molecular formula is C21H17N3O4S. The van der Waals surface area contributed by atoms with Crippen LogP contribution < -0.4 is 10.0 Å². The SMILES string of the molecule is N#Cc1cccc(NC(=O)C=Cc2ccc(S(=O)(=O)NCc3ccco3)cc2)c1. The number of nitrogens with zero attached hydrogens (tertiary/aromatic N) is 1. The lowest BCUT2D eigenvalue weighted by atomic mass is 10.2. The molecule has 1 aromatic heterocycles. The van der Waals surface area contributed by atoms with E-state index in [0.717, 1.165) is 0 Å². The van der Waals surface area contributed by atoms with Crippen LogP contribution in [0.2, 0.25) is 0 Å². The minimum atomic E-state index is -3.67. The van der Waals surface area contributed by atoms with Crippen LogP contribution >= 0.6 is 0 Å². The number of hydrogen-bond donors (Lipinski definition) is 2. The van der Waals surface area contributed by atoms with Gasteiger partial charge in [0.2, 0.25) is 15.9 Å². The van der Waals surface area contributed by atoms with E-state index in [4.69, 9.17) is 9.68 Å². The van der Waals surface area contributed by atoms with Crippen LogP contribution in [0.4, 0.5) is 5.69 Å². The fraction of sp³-hybridized carbons (Fsp3) is 0.0476. The van der Waals surface area contributed by atoms with Crippen molar-refractivity contribution in [2.75, 3.05) is 5.32 Å². The predicted octanol–water partition coefficient (Wildman–Crippen LogP) is 3.28. The van der Waals surface area contributed by atoms with E-state index in [-0.39, 0.29) is 17.3 Å². The third-order valence-corrected chi connectivity index (χ3v) is 5.31. The maximum Gasteiger partial charge on any atom is 0.248 e. The molecule has 7 nitrogen and oxygen atoms in total. The van der Waals surface area contributed by atoms with E-state index in [1.807, 2.05) is 6.07 Å². The van der Waals surface area contributed by atoms with Crippen LogP contribution in [0.1, 0.15) is 16.9 Å². The zero-order valence-corrected chi connectivity index (χ0v) is 16.0. The molecule has 0 saturated heterocycles. The molecular weight excluding hydrogens is 390 g/mol. The van der Waals surface area contributed by atoms with Crippen molar-refractivity contribution in [3.05, 3.63) is 89.9 Å². The Morgan fingerprint density at radius 1 is 1.10 bits per heavy atom. The largest absolute Gasteiger partial charge is 0.468 e. The maximum absolute atomic E-state index is 12.3. The number of anilines is 1. The van der Waals surface area contributed by atoms with Gasteiger partial charge in [0.1, 0.15) is 5.76 Å². The zero-order valence-electron chi connectivity index (χ0n) is 15.2. The molecule has 0 atom stereocenters. The van der Waals surface area contributed by atoms with E-state index in [1.165, 1.54) is 24.5 Å². The Bertz CT molecular complexity index is 1160. The van der Waals surface area contributed by atoms with Gasteiger partial charge in [-0.3, -0.25) is 4.79 Å². The van der Waals surface area contributed by atoms with Crippen molar-refractivity contribution >= 4 is 27.7 Å². The topological polar surface area (TPSA) is 112 Å². The number of furan rings is 1. The highest BCUT2D eigenvalue weighted by molar-refractivity contribution is 7.89. The summed E-state index contributed by atoms with van der Waals surface area (Å²) in [6, 6.07) is 18.0. The summed E-state index contributed by atoms with van der Waals surface area (Å²) in [5.41, 5.74) is 1.63. The summed E-state index contributed by atoms with van der Waals surface area (Å²) in [6.07, 6.45) is 4.37. The van der Waals surface area contributed by atoms with Crippen LogP contribution in [0.15, 0.2) is 82.3 Å². The van der Waals surface area contributed by atoms with Crippen molar-refractivity contribution in [2.45, 2.75) is 11.4 Å². The van der Waals surface area contributed by atoms with Crippen molar-refractivity contribution in [2.24, 2.45) is 0 Å². The fourth-order valence-electron chi connectivity index (χ4n) is 2.44. The Morgan fingerprint density at radius 3 is 2.59 bits per heavy atom. The third kappa shape index (κ3) is 5.65. The van der Waals surface area contributed by atoms with Crippen LogP contribution in [0.5, 0.6) is 0 Å². The number of benzene rings is 2. The summed E-state index contributed by atoms with van der Waals surface area (Å²) in [5.74, 6) is 0.149. The summed E-state index contributed by atoms with van der Waals surface area (Å²) in [6.45, 7) is 0.0597. The van der Waals surface area contributed by atoms with E-state index < -0.39 is 10.0 Å². The molecule has 0 aliphatic heterocycles. The number of sulfonamides is 1. The maximum atomic E-state index is 12.3. The molecule has 0 aliphatic rings. The number of carbonyl (C=O) groups is 1. The van der Waals surface area contributed by atoms with Crippen LogP contribution in [-0.4, -0.2) is 14.3 Å². The minimum Gasteiger partial charge on any atom is -0.468 e. The van der Waals surface area contributed by atoms with Gasteiger partial charge in [0.05, 0.1) is 29.3 Å². The Labute approximate surface area is 168 Å². The highest BCUT2D eigenvalue weighted by Crippen LogP contribution is 2.13. The number of rotatable bonds is 7. The van der Waals surface area contributed by atoms with Crippen molar-refractivity contribution in [1.82, 2.24) is 4.72 Å². The van der Waals surface area contributed by atoms with Gasteiger partial charge in [0.25, 0.3) is 0 Å². The Balaban J connectivity index is 1.60. The lowest BCUT2D eigenvalue weighted by molar-refractivity contribution is -0.111. The molecule has 8 heteroatoms. The Kier molecular flexibility index (Phi) is 6.24. The molecule has 3 aromatic rings. The van der Waals surface area contributed by atoms with Crippen LogP contribution in [0.3, 0.4) is 0 Å². The highest BCUT2D eigenvalue weighted by Gasteiger charge is 2.13. The smallest absolute Gasteiger partial charge is 0.248 e. The van der Waals surface area contributed by atoms with Crippen molar-refractivity contribution in [1.29, 1.82) is 5.26 Å². The Morgan fingerprint density at radius 2 is 1.90 bits per heavy atom. The molecule has 3 rings (SSSR count). The summed E-state index contributed by atoms with van der Waals surface area (Å²) in [4.78, 5) is 12.1. The van der Waals surface area contributed by atoms with Crippen LogP contribution in [0, 0.1) is 11.3 Å². The van der Waals surface area contributed by atoms with Gasteiger partial charge in [-0.05, 0) is 54.1 Å². The van der Waals surface area contributed by atoms with E-state index in [2.05, 4.69) is 10.0 Å². The van der Waals surface area contributed by atoms with Crippen LogP contribution in [0.25, 0.3) is 6.08 Å². The number of amides is 1. The second kappa shape index (κ2) is 9.01. The van der Waals surface area contributed by atoms with Gasteiger partial charge in [-0.1, -0.05) is 18.2 Å².